The first-order valence-corrected chi connectivity index (χ1v) is 8.71. The normalized spacial score (nSPS) is 11.0. The Hall–Kier alpha value is -3.02. The summed E-state index contributed by atoms with van der Waals surface area (Å²) in [4.78, 5) is 24.2. The van der Waals surface area contributed by atoms with Crippen LogP contribution < -0.4 is 11.1 Å². The van der Waals surface area contributed by atoms with Crippen LogP contribution in [0.15, 0.2) is 59.0 Å². The molecule has 3 N–H and O–H groups in total. The Kier molecular flexibility index (Phi) is 4.26. The number of anilines is 1. The molecule has 0 radical (unpaired) electrons. The van der Waals surface area contributed by atoms with Crippen molar-refractivity contribution in [3.63, 3.8) is 0 Å². The number of furan rings is 2. The number of nitrogens with one attached hydrogen (secondary N) is 1. The van der Waals surface area contributed by atoms with Gasteiger partial charge in [-0.2, -0.15) is 0 Å². The number of carbonyl (C=O) groups is 2. The monoisotopic (exact) mass is 398 g/mol. The van der Waals surface area contributed by atoms with E-state index in [1.54, 1.807) is 54.6 Å². The molecule has 0 atom stereocenters. The van der Waals surface area contributed by atoms with Crippen LogP contribution in [0.5, 0.6) is 0 Å². The molecule has 0 saturated heterocycles. The molecule has 0 aliphatic carbocycles. The molecule has 0 aliphatic heterocycles. The van der Waals surface area contributed by atoms with E-state index in [9.17, 15) is 9.59 Å². The van der Waals surface area contributed by atoms with Crippen molar-refractivity contribution >= 4 is 51.9 Å². The number of halogens is 2. The fourth-order valence-corrected chi connectivity index (χ4v) is 3.23. The quantitative estimate of drug-likeness (QED) is 0.495. The lowest BCUT2D eigenvalue weighted by atomic mass is 9.98. The van der Waals surface area contributed by atoms with Crippen LogP contribution in [0.2, 0.25) is 10.0 Å². The van der Waals surface area contributed by atoms with E-state index >= 15 is 0 Å². The van der Waals surface area contributed by atoms with E-state index in [0.717, 1.165) is 5.56 Å². The van der Waals surface area contributed by atoms with Crippen LogP contribution in [0.25, 0.3) is 22.3 Å². The highest BCUT2D eigenvalue weighted by Gasteiger charge is 2.24. The smallest absolute Gasteiger partial charge is 0.260 e. The molecular weight excluding hydrogens is 387 g/mol. The Morgan fingerprint density at radius 2 is 1.59 bits per heavy atom. The molecule has 134 valence electrons. The van der Waals surface area contributed by atoms with Crippen molar-refractivity contribution in [2.24, 2.45) is 5.73 Å². The SMILES string of the molecule is NC(=O)c1ccc(-c2c(C(=O)Nc3ccc(Cl)c(Cl)c3)c3ccc2o3)cc1. The molecule has 2 aromatic heterocycles. The van der Waals surface area contributed by atoms with Crippen molar-refractivity contribution in [2.45, 2.75) is 0 Å². The lowest BCUT2D eigenvalue weighted by molar-refractivity contribution is 0.0997. The van der Waals surface area contributed by atoms with Gasteiger partial charge < -0.3 is 15.5 Å². The number of nitrogens with two attached hydrogens (primary N) is 1. The summed E-state index contributed by atoms with van der Waals surface area (Å²) in [6.07, 6.45) is 0. The molecule has 2 heterocycles. The Balaban J connectivity index is 1.72. The number of primary amides is 1. The van der Waals surface area contributed by atoms with Crippen molar-refractivity contribution in [3.8, 4) is 11.1 Å². The van der Waals surface area contributed by atoms with Crippen molar-refractivity contribution in [3.05, 3.63) is 75.8 Å². The van der Waals surface area contributed by atoms with E-state index in [1.165, 1.54) is 0 Å². The highest BCUT2D eigenvalue weighted by molar-refractivity contribution is 6.42. The summed E-state index contributed by atoms with van der Waals surface area (Å²) in [7, 11) is 0. The molecule has 0 saturated carbocycles. The van der Waals surface area contributed by atoms with Crippen LogP contribution in [-0.4, -0.2) is 11.8 Å². The summed E-state index contributed by atoms with van der Waals surface area (Å²) in [6, 6.07) is 15.1. The van der Waals surface area contributed by atoms with Gasteiger partial charge >= 0.3 is 0 Å². The summed E-state index contributed by atoms with van der Waals surface area (Å²) < 4.78 is 5.68. The van der Waals surface area contributed by atoms with Crippen LogP contribution in [0.3, 0.4) is 0 Å². The first kappa shape index (κ1) is 17.4. The predicted octanol–water partition coefficient (Wildman–Crippen LogP) is 5.20. The van der Waals surface area contributed by atoms with Gasteiger partial charge in [-0.3, -0.25) is 9.59 Å². The number of benzene rings is 3. The maximum atomic E-state index is 12.9. The zero-order chi connectivity index (χ0) is 19.1. The minimum Gasteiger partial charge on any atom is -0.456 e. The highest BCUT2D eigenvalue weighted by Crippen LogP contribution is 2.37. The third kappa shape index (κ3) is 3.12. The summed E-state index contributed by atoms with van der Waals surface area (Å²) in [5, 5.41) is 3.55. The second-order valence-corrected chi connectivity index (χ2v) is 6.75. The summed E-state index contributed by atoms with van der Waals surface area (Å²) in [6.45, 7) is 0. The standard InChI is InChI=1S/C20H12Cl2N2O3/c21-13-6-5-12(9-14(13)22)24-20(26)18-16-8-7-15(27-16)17(18)10-1-3-11(4-2-10)19(23)25/h1-9H,(H2,23,25)(H,24,26). The molecule has 0 aliphatic rings. The zero-order valence-electron chi connectivity index (χ0n) is 13.8. The molecule has 7 heteroatoms. The molecule has 4 rings (SSSR count). The molecule has 27 heavy (non-hydrogen) atoms. The third-order valence-corrected chi connectivity index (χ3v) is 4.95. The number of rotatable bonds is 4. The van der Waals surface area contributed by atoms with Gasteiger partial charge in [0.2, 0.25) is 5.91 Å². The largest absolute Gasteiger partial charge is 0.456 e. The molecule has 2 bridgehead atoms. The van der Waals surface area contributed by atoms with Crippen LogP contribution in [-0.2, 0) is 0 Å². The van der Waals surface area contributed by atoms with Gasteiger partial charge in [-0.25, -0.2) is 0 Å². The maximum Gasteiger partial charge on any atom is 0.260 e. The van der Waals surface area contributed by atoms with Crippen LogP contribution in [0, 0.1) is 0 Å². The van der Waals surface area contributed by atoms with Crippen molar-refractivity contribution in [2.75, 3.05) is 5.32 Å². The van der Waals surface area contributed by atoms with E-state index in [1.807, 2.05) is 0 Å². The van der Waals surface area contributed by atoms with Crippen LogP contribution in [0.4, 0.5) is 5.69 Å². The van der Waals surface area contributed by atoms with E-state index < -0.39 is 5.91 Å². The Morgan fingerprint density at radius 3 is 2.26 bits per heavy atom. The molecule has 0 spiro atoms. The van der Waals surface area contributed by atoms with Gasteiger partial charge in [0.05, 0.1) is 15.6 Å². The number of hydrogen-bond acceptors (Lipinski definition) is 3. The topological polar surface area (TPSA) is 85.3 Å². The van der Waals surface area contributed by atoms with Crippen LogP contribution >= 0.6 is 23.2 Å². The highest BCUT2D eigenvalue weighted by atomic mass is 35.5. The van der Waals surface area contributed by atoms with Crippen molar-refractivity contribution in [1.29, 1.82) is 0 Å². The molecule has 4 aromatic rings. The van der Waals surface area contributed by atoms with E-state index in [4.69, 9.17) is 33.4 Å². The van der Waals surface area contributed by atoms with Gasteiger partial charge in [-0.15, -0.1) is 0 Å². The molecule has 5 nitrogen and oxygen atoms in total. The van der Waals surface area contributed by atoms with Crippen molar-refractivity contribution in [1.82, 2.24) is 0 Å². The fraction of sp³-hybridized carbons (Fsp3) is 0. The number of amides is 2. The first-order chi connectivity index (χ1) is 12.9. The molecule has 2 amide bonds. The lowest BCUT2D eigenvalue weighted by Crippen LogP contribution is -2.13. The van der Waals surface area contributed by atoms with E-state index in [2.05, 4.69) is 5.32 Å². The lowest BCUT2D eigenvalue weighted by Gasteiger charge is -2.09. The Morgan fingerprint density at radius 1 is 0.889 bits per heavy atom. The third-order valence-electron chi connectivity index (χ3n) is 4.21. The first-order valence-electron chi connectivity index (χ1n) is 7.95. The van der Waals surface area contributed by atoms with Gasteiger partial charge in [0.15, 0.2) is 0 Å². The number of hydrogen-bond donors (Lipinski definition) is 2. The fourth-order valence-electron chi connectivity index (χ4n) is 2.93. The van der Waals surface area contributed by atoms with E-state index in [0.29, 0.717) is 43.6 Å². The second kappa shape index (κ2) is 6.61. The van der Waals surface area contributed by atoms with Crippen LogP contribution in [0.1, 0.15) is 20.7 Å². The van der Waals surface area contributed by atoms with Gasteiger partial charge in [-0.05, 0) is 48.0 Å². The average Bonchev–Trinajstić information content (AvgIpc) is 3.26. The second-order valence-electron chi connectivity index (χ2n) is 5.94. The van der Waals surface area contributed by atoms with Gasteiger partial charge in [0.25, 0.3) is 5.91 Å². The number of carbonyl (C=O) groups excluding carboxylic acids is 2. The molecular formula is C20H12Cl2N2O3. The number of fused-ring (bicyclic) bond motifs is 2. The Labute approximate surface area is 164 Å². The average molecular weight is 399 g/mol. The van der Waals surface area contributed by atoms with E-state index in [-0.39, 0.29) is 5.91 Å². The zero-order valence-corrected chi connectivity index (χ0v) is 15.3. The minimum atomic E-state index is -0.515. The minimum absolute atomic E-state index is 0.336. The predicted molar refractivity (Wildman–Crippen MR) is 106 cm³/mol. The van der Waals surface area contributed by atoms with Crippen molar-refractivity contribution < 1.29 is 14.0 Å². The summed E-state index contributed by atoms with van der Waals surface area (Å²) in [5.41, 5.74) is 9.04. The summed E-state index contributed by atoms with van der Waals surface area (Å²) >= 11 is 11.9. The van der Waals surface area contributed by atoms with Gasteiger partial charge in [0.1, 0.15) is 11.2 Å². The molecule has 2 aromatic carbocycles. The molecule has 0 unspecified atom stereocenters. The Bertz CT molecular complexity index is 1170. The van der Waals surface area contributed by atoms with Gasteiger partial charge in [-0.1, -0.05) is 35.3 Å². The molecule has 0 fully saturated rings. The van der Waals surface area contributed by atoms with Gasteiger partial charge in [0, 0.05) is 16.8 Å². The maximum absolute atomic E-state index is 12.9. The summed E-state index contributed by atoms with van der Waals surface area (Å²) in [5.74, 6) is -0.851.